The number of thiophene rings is 1. The maximum Gasteiger partial charge on any atom is 0.242 e. The summed E-state index contributed by atoms with van der Waals surface area (Å²) in [6.07, 6.45) is 2.35. The molecule has 0 saturated heterocycles. The molecule has 7 nitrogen and oxygen atoms in total. The molecular weight excluding hydrogens is 298 g/mol. The normalized spacial score (nSPS) is 11.8. The van der Waals surface area contributed by atoms with Crippen LogP contribution in [0.15, 0.2) is 22.7 Å². The molecule has 0 unspecified atom stereocenters. The average Bonchev–Trinajstić information content (AvgIpc) is 3.08. The molecule has 3 N–H and O–H groups in total. The Labute approximate surface area is 121 Å². The van der Waals surface area contributed by atoms with Crippen LogP contribution in [0.5, 0.6) is 0 Å². The van der Waals surface area contributed by atoms with Crippen LogP contribution in [0.1, 0.15) is 24.0 Å². The van der Waals surface area contributed by atoms with E-state index in [0.29, 0.717) is 17.3 Å². The lowest BCUT2D eigenvalue weighted by atomic mass is 10.4. The van der Waals surface area contributed by atoms with E-state index in [4.69, 9.17) is 0 Å². The van der Waals surface area contributed by atoms with Crippen LogP contribution >= 0.6 is 11.3 Å². The van der Waals surface area contributed by atoms with E-state index in [1.165, 1.54) is 17.7 Å². The number of aromatic nitrogens is 3. The summed E-state index contributed by atoms with van der Waals surface area (Å²) in [7, 11) is -3.53. The molecule has 110 valence electrons. The van der Waals surface area contributed by atoms with Gasteiger partial charge in [-0.15, -0.1) is 11.3 Å². The van der Waals surface area contributed by atoms with Crippen molar-refractivity contribution >= 4 is 21.4 Å². The van der Waals surface area contributed by atoms with Gasteiger partial charge in [-0.05, 0) is 24.4 Å². The fraction of sp³-hybridized carbons (Fsp3) is 0.455. The molecule has 2 aromatic heterocycles. The minimum Gasteiger partial charge on any atom is -0.312 e. The second kappa shape index (κ2) is 6.93. The summed E-state index contributed by atoms with van der Waals surface area (Å²) in [5, 5.41) is 11.3. The summed E-state index contributed by atoms with van der Waals surface area (Å²) in [5.41, 5.74) is 0. The van der Waals surface area contributed by atoms with Crippen LogP contribution in [0.3, 0.4) is 0 Å². The maximum absolute atomic E-state index is 12.2. The Morgan fingerprint density at radius 2 is 2.25 bits per heavy atom. The third-order valence-corrected chi connectivity index (χ3v) is 5.14. The van der Waals surface area contributed by atoms with Crippen molar-refractivity contribution in [2.75, 3.05) is 6.54 Å². The number of sulfonamides is 1. The van der Waals surface area contributed by atoms with Crippen molar-refractivity contribution < 1.29 is 8.42 Å². The Hall–Kier alpha value is -1.29. The molecule has 0 fully saturated rings. The fourth-order valence-electron chi connectivity index (χ4n) is 1.63. The molecule has 2 heterocycles. The summed E-state index contributed by atoms with van der Waals surface area (Å²) >= 11 is 1.43. The third-order valence-electron chi connectivity index (χ3n) is 2.60. The van der Waals surface area contributed by atoms with E-state index in [2.05, 4.69) is 32.1 Å². The number of hydrogen-bond acceptors (Lipinski definition) is 6. The van der Waals surface area contributed by atoms with Crippen LogP contribution in [0.2, 0.25) is 0 Å². The van der Waals surface area contributed by atoms with E-state index in [9.17, 15) is 8.42 Å². The maximum atomic E-state index is 12.2. The molecular formula is C11H17N5O2S2. The SMILES string of the molecule is CCCNCc1sccc1S(=O)(=O)NCc1ncn[nH]1. The van der Waals surface area contributed by atoms with Crippen LogP contribution in [0.25, 0.3) is 0 Å². The Bertz CT molecular complexity index is 621. The predicted octanol–water partition coefficient (Wildman–Crippen LogP) is 0.844. The van der Waals surface area contributed by atoms with E-state index in [1.54, 1.807) is 11.4 Å². The first kappa shape index (κ1) is 15.1. The predicted molar refractivity (Wildman–Crippen MR) is 76.7 cm³/mol. The summed E-state index contributed by atoms with van der Waals surface area (Å²) in [4.78, 5) is 5.01. The Balaban J connectivity index is 2.03. The van der Waals surface area contributed by atoms with Crippen molar-refractivity contribution in [2.45, 2.75) is 31.3 Å². The largest absolute Gasteiger partial charge is 0.312 e. The van der Waals surface area contributed by atoms with Gasteiger partial charge in [-0.1, -0.05) is 6.92 Å². The zero-order valence-electron chi connectivity index (χ0n) is 11.1. The van der Waals surface area contributed by atoms with Crippen molar-refractivity contribution in [1.29, 1.82) is 0 Å². The van der Waals surface area contributed by atoms with Crippen molar-refractivity contribution in [3.8, 4) is 0 Å². The molecule has 0 saturated carbocycles. The van der Waals surface area contributed by atoms with Crippen molar-refractivity contribution in [3.63, 3.8) is 0 Å². The first-order valence-corrected chi connectivity index (χ1v) is 8.60. The number of hydrogen-bond donors (Lipinski definition) is 3. The lowest BCUT2D eigenvalue weighted by Gasteiger charge is -2.07. The number of H-pyrrole nitrogens is 1. The Morgan fingerprint density at radius 1 is 1.40 bits per heavy atom. The van der Waals surface area contributed by atoms with Crippen molar-refractivity contribution in [3.05, 3.63) is 28.5 Å². The molecule has 0 amide bonds. The highest BCUT2D eigenvalue weighted by Gasteiger charge is 2.19. The summed E-state index contributed by atoms with van der Waals surface area (Å²) < 4.78 is 27.0. The minimum atomic E-state index is -3.53. The zero-order chi connectivity index (χ0) is 14.4. The first-order valence-electron chi connectivity index (χ1n) is 6.24. The molecule has 0 spiro atoms. The summed E-state index contributed by atoms with van der Waals surface area (Å²) in [5.74, 6) is 0.481. The summed E-state index contributed by atoms with van der Waals surface area (Å²) in [6.45, 7) is 3.59. The second-order valence-electron chi connectivity index (χ2n) is 4.14. The quantitative estimate of drug-likeness (QED) is 0.627. The fourth-order valence-corrected chi connectivity index (χ4v) is 4.03. The molecule has 0 radical (unpaired) electrons. The van der Waals surface area contributed by atoms with Gasteiger partial charge in [0, 0.05) is 11.4 Å². The van der Waals surface area contributed by atoms with Gasteiger partial charge >= 0.3 is 0 Å². The van der Waals surface area contributed by atoms with Gasteiger partial charge in [0.2, 0.25) is 10.0 Å². The lowest BCUT2D eigenvalue weighted by molar-refractivity contribution is 0.577. The molecule has 20 heavy (non-hydrogen) atoms. The van der Waals surface area contributed by atoms with Crippen LogP contribution in [-0.2, 0) is 23.1 Å². The number of rotatable bonds is 8. The molecule has 0 aromatic carbocycles. The van der Waals surface area contributed by atoms with Crippen LogP contribution in [-0.4, -0.2) is 30.1 Å². The average molecular weight is 315 g/mol. The third kappa shape index (κ3) is 3.85. The highest BCUT2D eigenvalue weighted by molar-refractivity contribution is 7.89. The molecule has 2 aromatic rings. The van der Waals surface area contributed by atoms with Gasteiger partial charge in [0.15, 0.2) is 0 Å². The molecule has 0 aliphatic heterocycles. The van der Waals surface area contributed by atoms with E-state index in [0.717, 1.165) is 17.8 Å². The highest BCUT2D eigenvalue weighted by Crippen LogP contribution is 2.21. The standard InChI is InChI=1S/C11H17N5O2S2/c1-2-4-12-6-9-10(3-5-19-9)20(17,18)15-7-11-13-8-14-16-11/h3,5,8,12,15H,2,4,6-7H2,1H3,(H,13,14,16). The van der Waals surface area contributed by atoms with E-state index < -0.39 is 10.0 Å². The lowest BCUT2D eigenvalue weighted by Crippen LogP contribution is -2.25. The van der Waals surface area contributed by atoms with Crippen LogP contribution in [0, 0.1) is 0 Å². The minimum absolute atomic E-state index is 0.0972. The highest BCUT2D eigenvalue weighted by atomic mass is 32.2. The van der Waals surface area contributed by atoms with E-state index >= 15 is 0 Å². The monoisotopic (exact) mass is 315 g/mol. The van der Waals surface area contributed by atoms with Crippen LogP contribution in [0.4, 0.5) is 0 Å². The molecule has 0 aliphatic rings. The molecule has 2 rings (SSSR count). The van der Waals surface area contributed by atoms with E-state index in [-0.39, 0.29) is 6.54 Å². The van der Waals surface area contributed by atoms with Gasteiger partial charge in [0.25, 0.3) is 0 Å². The number of nitrogens with one attached hydrogen (secondary N) is 3. The summed E-state index contributed by atoms with van der Waals surface area (Å²) in [6, 6.07) is 1.62. The van der Waals surface area contributed by atoms with E-state index in [1.807, 2.05) is 0 Å². The second-order valence-corrected chi connectivity index (χ2v) is 6.88. The zero-order valence-corrected chi connectivity index (χ0v) is 12.7. The van der Waals surface area contributed by atoms with Gasteiger partial charge < -0.3 is 5.32 Å². The van der Waals surface area contributed by atoms with Crippen molar-refractivity contribution in [1.82, 2.24) is 25.2 Å². The Morgan fingerprint density at radius 3 is 2.95 bits per heavy atom. The molecule has 0 bridgehead atoms. The molecule has 9 heteroatoms. The molecule has 0 aliphatic carbocycles. The number of aromatic amines is 1. The van der Waals surface area contributed by atoms with Crippen molar-refractivity contribution in [2.24, 2.45) is 0 Å². The Kier molecular flexibility index (Phi) is 5.24. The topological polar surface area (TPSA) is 99.8 Å². The van der Waals surface area contributed by atoms with Gasteiger partial charge in [0.05, 0.1) is 11.4 Å². The van der Waals surface area contributed by atoms with Crippen LogP contribution < -0.4 is 10.0 Å². The van der Waals surface area contributed by atoms with Gasteiger partial charge in [0.1, 0.15) is 12.2 Å². The van der Waals surface area contributed by atoms with Gasteiger partial charge in [-0.2, -0.15) is 5.10 Å². The molecule has 0 atom stereocenters. The first-order chi connectivity index (χ1) is 9.63. The van der Waals surface area contributed by atoms with Gasteiger partial charge in [-0.3, -0.25) is 5.10 Å². The van der Waals surface area contributed by atoms with Gasteiger partial charge in [-0.25, -0.2) is 18.1 Å². The number of nitrogens with zero attached hydrogens (tertiary/aromatic N) is 2. The smallest absolute Gasteiger partial charge is 0.242 e.